The molecule has 0 aliphatic rings. The maximum atomic E-state index is 8.78. The molecule has 1 rings (SSSR count). The Morgan fingerprint density at radius 3 is 2.69 bits per heavy atom. The van der Waals surface area contributed by atoms with Crippen LogP contribution in [0.25, 0.3) is 0 Å². The molecule has 0 heterocycles. The topological polar surface area (TPSA) is 35.8 Å². The van der Waals surface area contributed by atoms with E-state index in [1.807, 2.05) is 18.8 Å². The van der Waals surface area contributed by atoms with Crippen molar-refractivity contribution in [1.82, 2.24) is 5.32 Å². The molecule has 0 saturated carbocycles. The maximum absolute atomic E-state index is 8.78. The van der Waals surface area contributed by atoms with E-state index < -0.39 is 0 Å². The third kappa shape index (κ3) is 3.88. The van der Waals surface area contributed by atoms with E-state index in [2.05, 4.69) is 43.4 Å². The van der Waals surface area contributed by atoms with E-state index in [1.54, 1.807) is 0 Å². The number of nitrogens with zero attached hydrogens (tertiary/aromatic N) is 1. The second-order valence-electron chi connectivity index (χ2n) is 3.85. The Morgan fingerprint density at radius 1 is 1.38 bits per heavy atom. The molecule has 86 valence electrons. The lowest BCUT2D eigenvalue weighted by atomic mass is 10.1. The molecule has 0 radical (unpaired) electrons. The molecule has 0 spiro atoms. The molecule has 1 unspecified atom stereocenters. The number of aryl methyl sites for hydroxylation is 2. The first-order valence-electron chi connectivity index (χ1n) is 5.44. The van der Waals surface area contributed by atoms with Gasteiger partial charge in [0.2, 0.25) is 0 Å². The van der Waals surface area contributed by atoms with Gasteiger partial charge in [0.1, 0.15) is 0 Å². The Bertz CT molecular complexity index is 382. The van der Waals surface area contributed by atoms with Gasteiger partial charge in [-0.2, -0.15) is 5.26 Å². The van der Waals surface area contributed by atoms with Crippen LogP contribution in [0.2, 0.25) is 0 Å². The summed E-state index contributed by atoms with van der Waals surface area (Å²) in [4.78, 5) is 1.29. The lowest BCUT2D eigenvalue weighted by molar-refractivity contribution is 0.663. The third-order valence-corrected chi connectivity index (χ3v) is 3.69. The second-order valence-corrected chi connectivity index (χ2v) is 5.02. The zero-order valence-electron chi connectivity index (χ0n) is 10.1. The fourth-order valence-corrected chi connectivity index (χ4v) is 2.39. The molecule has 1 aromatic carbocycles. The van der Waals surface area contributed by atoms with Crippen LogP contribution in [0.15, 0.2) is 23.1 Å². The zero-order chi connectivity index (χ0) is 12.0. The zero-order valence-corrected chi connectivity index (χ0v) is 10.9. The molecule has 0 saturated heterocycles. The first-order chi connectivity index (χ1) is 7.67. The number of nitriles is 1. The van der Waals surface area contributed by atoms with Crippen molar-refractivity contribution in [3.63, 3.8) is 0 Å². The minimum absolute atomic E-state index is 0.0287. The lowest BCUT2D eigenvalue weighted by Gasteiger charge is -2.08. The molecule has 0 aliphatic carbocycles. The van der Waals surface area contributed by atoms with Gasteiger partial charge in [-0.3, -0.25) is 0 Å². The summed E-state index contributed by atoms with van der Waals surface area (Å²) in [6.45, 7) is 4.25. The van der Waals surface area contributed by atoms with Crippen LogP contribution in [0.1, 0.15) is 17.5 Å². The maximum Gasteiger partial charge on any atom is 0.0958 e. The lowest BCUT2D eigenvalue weighted by Crippen LogP contribution is -2.23. The number of nitrogens with one attached hydrogen (secondary N) is 1. The van der Waals surface area contributed by atoms with Crippen LogP contribution in [0.5, 0.6) is 0 Å². The molecule has 0 aliphatic heterocycles. The predicted octanol–water partition coefficient (Wildman–Crippen LogP) is 2.90. The molecule has 16 heavy (non-hydrogen) atoms. The standard InChI is InChI=1S/C13H18N2S/c1-10-4-5-13(8-11(10)2)16-7-6-12(9-14)15-3/h4-5,8,12,15H,6-7H2,1-3H3. The molecule has 1 atom stereocenters. The third-order valence-electron chi connectivity index (χ3n) is 2.66. The van der Waals surface area contributed by atoms with Gasteiger partial charge in [-0.05, 0) is 50.6 Å². The van der Waals surface area contributed by atoms with E-state index in [1.165, 1.54) is 16.0 Å². The molecule has 1 aromatic rings. The highest BCUT2D eigenvalue weighted by molar-refractivity contribution is 7.99. The van der Waals surface area contributed by atoms with Gasteiger partial charge in [0.25, 0.3) is 0 Å². The summed E-state index contributed by atoms with van der Waals surface area (Å²) < 4.78 is 0. The summed E-state index contributed by atoms with van der Waals surface area (Å²) in [5.41, 5.74) is 2.66. The molecule has 0 bridgehead atoms. The van der Waals surface area contributed by atoms with E-state index in [0.717, 1.165) is 12.2 Å². The first kappa shape index (κ1) is 13.1. The summed E-state index contributed by atoms with van der Waals surface area (Å²) in [6.07, 6.45) is 0.880. The Hall–Kier alpha value is -0.980. The van der Waals surface area contributed by atoms with E-state index >= 15 is 0 Å². The average molecular weight is 234 g/mol. The highest BCUT2D eigenvalue weighted by Gasteiger charge is 2.04. The number of rotatable bonds is 5. The largest absolute Gasteiger partial charge is 0.305 e. The summed E-state index contributed by atoms with van der Waals surface area (Å²) in [5.74, 6) is 0.974. The summed E-state index contributed by atoms with van der Waals surface area (Å²) in [5, 5.41) is 11.8. The number of thioether (sulfide) groups is 1. The first-order valence-corrected chi connectivity index (χ1v) is 6.43. The van der Waals surface area contributed by atoms with Crippen LogP contribution in [0.3, 0.4) is 0 Å². The summed E-state index contributed by atoms with van der Waals surface area (Å²) in [7, 11) is 1.83. The summed E-state index contributed by atoms with van der Waals surface area (Å²) >= 11 is 1.81. The Labute approximate surface area is 102 Å². The van der Waals surface area contributed by atoms with Gasteiger partial charge in [0.05, 0.1) is 12.1 Å². The van der Waals surface area contributed by atoms with Crippen molar-refractivity contribution in [3.8, 4) is 6.07 Å². The molecular weight excluding hydrogens is 216 g/mol. The van der Waals surface area contributed by atoms with Crippen LogP contribution >= 0.6 is 11.8 Å². The second kappa shape index (κ2) is 6.57. The minimum atomic E-state index is -0.0287. The molecular formula is C13H18N2S. The fraction of sp³-hybridized carbons (Fsp3) is 0.462. The van der Waals surface area contributed by atoms with E-state index in [0.29, 0.717) is 0 Å². The van der Waals surface area contributed by atoms with Crippen LogP contribution in [0, 0.1) is 25.2 Å². The molecule has 0 fully saturated rings. The van der Waals surface area contributed by atoms with Crippen molar-refractivity contribution in [2.45, 2.75) is 31.2 Å². The molecule has 3 heteroatoms. The van der Waals surface area contributed by atoms with E-state index in [4.69, 9.17) is 5.26 Å². The smallest absolute Gasteiger partial charge is 0.0958 e. The van der Waals surface area contributed by atoms with Crippen molar-refractivity contribution in [2.24, 2.45) is 0 Å². The van der Waals surface area contributed by atoms with Gasteiger partial charge in [-0.25, -0.2) is 0 Å². The van der Waals surface area contributed by atoms with Crippen molar-refractivity contribution in [1.29, 1.82) is 5.26 Å². The van der Waals surface area contributed by atoms with Gasteiger partial charge >= 0.3 is 0 Å². The van der Waals surface area contributed by atoms with E-state index in [-0.39, 0.29) is 6.04 Å². The summed E-state index contributed by atoms with van der Waals surface area (Å²) in [6, 6.07) is 8.71. The van der Waals surface area contributed by atoms with Gasteiger partial charge < -0.3 is 5.32 Å². The quantitative estimate of drug-likeness (QED) is 0.796. The molecule has 2 nitrogen and oxygen atoms in total. The number of benzene rings is 1. The Balaban J connectivity index is 2.43. The van der Waals surface area contributed by atoms with Crippen LogP contribution in [0.4, 0.5) is 0 Å². The number of hydrogen-bond donors (Lipinski definition) is 1. The van der Waals surface area contributed by atoms with Crippen LogP contribution < -0.4 is 5.32 Å². The molecule has 1 N–H and O–H groups in total. The highest BCUT2D eigenvalue weighted by Crippen LogP contribution is 2.21. The average Bonchev–Trinajstić information content (AvgIpc) is 2.29. The van der Waals surface area contributed by atoms with Crippen LogP contribution in [-0.4, -0.2) is 18.8 Å². The van der Waals surface area contributed by atoms with Crippen LogP contribution in [-0.2, 0) is 0 Å². The van der Waals surface area contributed by atoms with Crippen molar-refractivity contribution < 1.29 is 0 Å². The van der Waals surface area contributed by atoms with Gasteiger partial charge in [-0.1, -0.05) is 6.07 Å². The normalized spacial score (nSPS) is 12.1. The van der Waals surface area contributed by atoms with Crippen molar-refractivity contribution >= 4 is 11.8 Å². The van der Waals surface area contributed by atoms with Gasteiger partial charge in [-0.15, -0.1) is 11.8 Å². The van der Waals surface area contributed by atoms with Crippen molar-refractivity contribution in [3.05, 3.63) is 29.3 Å². The SMILES string of the molecule is CNC(C#N)CCSc1ccc(C)c(C)c1. The monoisotopic (exact) mass is 234 g/mol. The van der Waals surface area contributed by atoms with Gasteiger partial charge in [0.15, 0.2) is 0 Å². The predicted molar refractivity (Wildman–Crippen MR) is 69.7 cm³/mol. The van der Waals surface area contributed by atoms with E-state index in [9.17, 15) is 0 Å². The highest BCUT2D eigenvalue weighted by atomic mass is 32.2. The Kier molecular flexibility index (Phi) is 5.37. The number of hydrogen-bond acceptors (Lipinski definition) is 3. The fourth-order valence-electron chi connectivity index (χ4n) is 1.37. The minimum Gasteiger partial charge on any atom is -0.305 e. The van der Waals surface area contributed by atoms with Gasteiger partial charge in [0, 0.05) is 10.6 Å². The van der Waals surface area contributed by atoms with Crippen molar-refractivity contribution in [2.75, 3.05) is 12.8 Å². The Morgan fingerprint density at radius 2 is 2.12 bits per heavy atom. The molecule has 0 aromatic heterocycles. The molecule has 0 amide bonds.